The molecule has 3 unspecified atom stereocenters. The van der Waals surface area contributed by atoms with E-state index in [0.717, 1.165) is 5.92 Å². The van der Waals surface area contributed by atoms with E-state index in [1.54, 1.807) is 5.29 Å². The number of nitrogens with zero attached hydrogens (tertiary/aromatic N) is 1. The van der Waals surface area contributed by atoms with Gasteiger partial charge in [-0.1, -0.05) is 31.5 Å². The molecule has 18 heavy (non-hydrogen) atoms. The molecule has 0 amide bonds. The molecule has 0 aromatic rings. The van der Waals surface area contributed by atoms with Gasteiger partial charge < -0.3 is 0 Å². The van der Waals surface area contributed by atoms with Crippen LogP contribution < -0.4 is 0 Å². The molecular weight excluding hydrogens is 237 g/mol. The van der Waals surface area contributed by atoms with Crippen LogP contribution in [0, 0.1) is 5.92 Å². The molecule has 0 saturated heterocycles. The minimum Gasteiger partial charge on any atom is -0.294 e. The Kier molecular flexibility index (Phi) is 7.98. The second-order valence-electron chi connectivity index (χ2n) is 6.22. The summed E-state index contributed by atoms with van der Waals surface area (Å²) in [6, 6.07) is 0.535. The van der Waals surface area contributed by atoms with Crippen LogP contribution in [0.3, 0.4) is 0 Å². The minimum absolute atomic E-state index is 0.217. The van der Waals surface area contributed by atoms with Crippen LogP contribution in [0.2, 0.25) is 0 Å². The van der Waals surface area contributed by atoms with Crippen LogP contribution in [0.1, 0.15) is 65.7 Å². The van der Waals surface area contributed by atoms with Crippen LogP contribution >= 0.6 is 7.55 Å². The fourth-order valence-electron chi connectivity index (χ4n) is 2.53. The average Bonchev–Trinajstić information content (AvgIpc) is 2.34. The van der Waals surface area contributed by atoms with Crippen molar-refractivity contribution < 1.29 is 0 Å². The monoisotopic (exact) mass is 269 g/mol. The summed E-state index contributed by atoms with van der Waals surface area (Å²) in [4.78, 5) is 4.70. The second-order valence-corrected chi connectivity index (χ2v) is 9.13. The van der Waals surface area contributed by atoms with Gasteiger partial charge >= 0.3 is 0 Å². The molecule has 0 saturated carbocycles. The Morgan fingerprint density at radius 1 is 1.17 bits per heavy atom. The van der Waals surface area contributed by atoms with E-state index in [-0.39, 0.29) is 7.55 Å². The van der Waals surface area contributed by atoms with Crippen molar-refractivity contribution in [3.8, 4) is 0 Å². The van der Waals surface area contributed by atoms with Crippen LogP contribution in [0.25, 0.3) is 0 Å². The first-order valence-electron chi connectivity index (χ1n) is 7.76. The predicted octanol–water partition coefficient (Wildman–Crippen LogP) is 4.86. The molecule has 1 nitrogen and oxygen atoms in total. The lowest BCUT2D eigenvalue weighted by Gasteiger charge is -2.13. The number of hydrogen-bond acceptors (Lipinski definition) is 1. The Labute approximate surface area is 115 Å². The third-order valence-electron chi connectivity index (χ3n) is 4.28. The first-order valence-corrected chi connectivity index (χ1v) is 9.97. The van der Waals surface area contributed by atoms with Gasteiger partial charge in [-0.3, -0.25) is 4.99 Å². The van der Waals surface area contributed by atoms with E-state index in [9.17, 15) is 0 Å². The molecule has 2 heteroatoms. The lowest BCUT2D eigenvalue weighted by atomic mass is 10.00. The number of hydrogen-bond donors (Lipinski definition) is 0. The fraction of sp³-hybridized carbons (Fsp3) is 0.875. The van der Waals surface area contributed by atoms with Gasteiger partial charge in [0, 0.05) is 6.04 Å². The molecule has 1 heterocycles. The van der Waals surface area contributed by atoms with Gasteiger partial charge in [0.25, 0.3) is 0 Å². The van der Waals surface area contributed by atoms with Gasteiger partial charge in [-0.05, 0) is 64.5 Å². The van der Waals surface area contributed by atoms with Gasteiger partial charge in [-0.15, -0.1) is 7.55 Å². The van der Waals surface area contributed by atoms with E-state index in [0.29, 0.717) is 6.04 Å². The van der Waals surface area contributed by atoms with Gasteiger partial charge in [-0.25, -0.2) is 0 Å². The first kappa shape index (κ1) is 16.0. The molecule has 1 aliphatic heterocycles. The Bertz CT molecular complexity index is 293. The maximum Gasteiger partial charge on any atom is 0.0470 e. The normalized spacial score (nSPS) is 36.9. The van der Waals surface area contributed by atoms with Crippen LogP contribution in [0.5, 0.6) is 0 Å². The van der Waals surface area contributed by atoms with Gasteiger partial charge in [0.1, 0.15) is 0 Å². The van der Waals surface area contributed by atoms with Gasteiger partial charge in [0.2, 0.25) is 0 Å². The molecule has 1 aliphatic rings. The molecule has 0 aromatic carbocycles. The standard InChI is InChI=1S/C16H32NP/c1-14-8-6-5-7-9-16(3)18(4)13-11-15(2)17-12-10-14/h12,14-15,18H,5-11,13H2,1-4H3/b17-12+. The molecular formula is C16H32NP. The summed E-state index contributed by atoms with van der Waals surface area (Å²) in [5, 5.41) is 1.81. The van der Waals surface area contributed by atoms with Crippen LogP contribution in [0.4, 0.5) is 0 Å². The number of rotatable bonds is 0. The Morgan fingerprint density at radius 3 is 2.72 bits per heavy atom. The fourth-order valence-corrected chi connectivity index (χ4v) is 4.41. The number of aliphatic imine (C=N–C) groups is 1. The summed E-state index contributed by atoms with van der Waals surface area (Å²) in [7, 11) is -0.217. The maximum atomic E-state index is 4.70. The summed E-state index contributed by atoms with van der Waals surface area (Å²) < 4.78 is 0. The van der Waals surface area contributed by atoms with E-state index in [1.165, 1.54) is 51.1 Å². The third kappa shape index (κ3) is 6.78. The zero-order chi connectivity index (χ0) is 13.4. The summed E-state index contributed by atoms with van der Waals surface area (Å²) in [5.41, 5.74) is 0. The SMILES string of the molecule is C/C1=[PH](\C)CCC(C)/N=C/CC(C)CCCCC1. The van der Waals surface area contributed by atoms with E-state index in [2.05, 4.69) is 33.7 Å². The first-order chi connectivity index (χ1) is 8.59. The van der Waals surface area contributed by atoms with Crippen molar-refractivity contribution in [2.24, 2.45) is 10.9 Å². The minimum atomic E-state index is -0.217. The highest BCUT2D eigenvalue weighted by molar-refractivity contribution is 7.58. The van der Waals surface area contributed by atoms with Gasteiger partial charge in [0.15, 0.2) is 0 Å². The lowest BCUT2D eigenvalue weighted by molar-refractivity contribution is 0.509. The zero-order valence-electron chi connectivity index (χ0n) is 12.8. The zero-order valence-corrected chi connectivity index (χ0v) is 13.8. The topological polar surface area (TPSA) is 12.4 Å². The average molecular weight is 269 g/mol. The van der Waals surface area contributed by atoms with Crippen molar-refractivity contribution in [2.75, 3.05) is 12.8 Å². The molecule has 106 valence electrons. The van der Waals surface area contributed by atoms with Crippen LogP contribution in [-0.2, 0) is 0 Å². The van der Waals surface area contributed by atoms with Crippen LogP contribution in [-0.4, -0.2) is 30.4 Å². The highest BCUT2D eigenvalue weighted by Crippen LogP contribution is 2.25. The van der Waals surface area contributed by atoms with Crippen molar-refractivity contribution >= 4 is 19.1 Å². The summed E-state index contributed by atoms with van der Waals surface area (Å²) >= 11 is 0. The molecule has 0 bridgehead atoms. The predicted molar refractivity (Wildman–Crippen MR) is 89.2 cm³/mol. The van der Waals surface area contributed by atoms with Crippen molar-refractivity contribution in [3.63, 3.8) is 0 Å². The molecule has 1 rings (SSSR count). The summed E-state index contributed by atoms with van der Waals surface area (Å²) in [6.07, 6.45) is 13.1. The van der Waals surface area contributed by atoms with Gasteiger partial charge in [-0.2, -0.15) is 0 Å². The van der Waals surface area contributed by atoms with Crippen molar-refractivity contribution in [3.05, 3.63) is 0 Å². The molecule has 0 aromatic heterocycles. The largest absolute Gasteiger partial charge is 0.294 e. The smallest absolute Gasteiger partial charge is 0.0470 e. The van der Waals surface area contributed by atoms with Crippen molar-refractivity contribution in [2.45, 2.75) is 71.8 Å². The van der Waals surface area contributed by atoms with E-state index in [1.807, 2.05) is 0 Å². The Hall–Kier alpha value is -0.0300. The van der Waals surface area contributed by atoms with E-state index < -0.39 is 0 Å². The molecule has 0 N–H and O–H groups in total. The molecule has 0 spiro atoms. The highest BCUT2D eigenvalue weighted by Gasteiger charge is 2.05. The molecule has 3 atom stereocenters. The molecule has 0 radical (unpaired) electrons. The summed E-state index contributed by atoms with van der Waals surface area (Å²) in [5.74, 6) is 0.819. The molecule has 0 fully saturated rings. The van der Waals surface area contributed by atoms with E-state index >= 15 is 0 Å². The van der Waals surface area contributed by atoms with Crippen molar-refractivity contribution in [1.82, 2.24) is 0 Å². The molecule has 0 aliphatic carbocycles. The van der Waals surface area contributed by atoms with Gasteiger partial charge in [0.05, 0.1) is 0 Å². The van der Waals surface area contributed by atoms with E-state index in [4.69, 9.17) is 4.99 Å². The second kappa shape index (κ2) is 8.97. The van der Waals surface area contributed by atoms with Crippen LogP contribution in [0.15, 0.2) is 4.99 Å². The Balaban J connectivity index is 2.56. The maximum absolute atomic E-state index is 4.70. The highest BCUT2D eigenvalue weighted by atomic mass is 31.1. The quantitative estimate of drug-likeness (QED) is 0.557. The summed E-state index contributed by atoms with van der Waals surface area (Å²) in [6.45, 7) is 9.53. The Morgan fingerprint density at radius 2 is 1.94 bits per heavy atom. The third-order valence-corrected chi connectivity index (χ3v) is 7.03. The lowest BCUT2D eigenvalue weighted by Crippen LogP contribution is -2.04. The van der Waals surface area contributed by atoms with Crippen molar-refractivity contribution in [1.29, 1.82) is 0 Å².